The number of amides is 2. The molecule has 0 saturated carbocycles. The summed E-state index contributed by atoms with van der Waals surface area (Å²) in [7, 11) is 0. The number of aliphatic hydroxyl groups is 1. The molecule has 0 bridgehead atoms. The van der Waals surface area contributed by atoms with Crippen LogP contribution in [-0.2, 0) is 4.79 Å². The van der Waals surface area contributed by atoms with E-state index in [0.717, 1.165) is 12.8 Å². The molecule has 0 radical (unpaired) electrons. The Balaban J connectivity index is 1.67. The van der Waals surface area contributed by atoms with Crippen LogP contribution < -0.4 is 0 Å². The van der Waals surface area contributed by atoms with Gasteiger partial charge in [0.1, 0.15) is 0 Å². The number of rotatable bonds is 2. The minimum atomic E-state index is -0.0816. The van der Waals surface area contributed by atoms with Crippen molar-refractivity contribution in [1.82, 2.24) is 9.80 Å². The van der Waals surface area contributed by atoms with Crippen LogP contribution in [-0.4, -0.2) is 59.5 Å². The van der Waals surface area contributed by atoms with Crippen LogP contribution >= 0.6 is 0 Å². The Hall–Kier alpha value is -1.82. The van der Waals surface area contributed by atoms with Crippen molar-refractivity contribution >= 4 is 11.8 Å². The zero-order chi connectivity index (χ0) is 15.7. The molecule has 2 fully saturated rings. The SMILES string of the molecule is CC(=O)N1CC(CO)C2(CCN(C(=O)c3ccco3)CC2)C1. The van der Waals surface area contributed by atoms with Gasteiger partial charge < -0.3 is 19.3 Å². The Labute approximate surface area is 129 Å². The molecule has 3 rings (SSSR count). The molecular formula is C16H22N2O4. The predicted octanol–water partition coefficient (Wildman–Crippen LogP) is 0.973. The Kier molecular flexibility index (Phi) is 3.95. The zero-order valence-electron chi connectivity index (χ0n) is 12.8. The Morgan fingerprint density at radius 1 is 1.36 bits per heavy atom. The molecule has 1 N–H and O–H groups in total. The maximum absolute atomic E-state index is 12.3. The van der Waals surface area contributed by atoms with Gasteiger partial charge in [0.25, 0.3) is 5.91 Å². The van der Waals surface area contributed by atoms with E-state index in [4.69, 9.17) is 4.42 Å². The van der Waals surface area contributed by atoms with Gasteiger partial charge in [0.05, 0.1) is 6.26 Å². The molecule has 3 heterocycles. The summed E-state index contributed by atoms with van der Waals surface area (Å²) in [6.45, 7) is 4.26. The van der Waals surface area contributed by atoms with Gasteiger partial charge in [-0.25, -0.2) is 0 Å². The van der Waals surface area contributed by atoms with E-state index >= 15 is 0 Å². The second-order valence-corrected chi connectivity index (χ2v) is 6.41. The van der Waals surface area contributed by atoms with E-state index in [2.05, 4.69) is 0 Å². The second kappa shape index (κ2) is 5.76. The van der Waals surface area contributed by atoms with Crippen molar-refractivity contribution in [3.05, 3.63) is 24.2 Å². The first-order chi connectivity index (χ1) is 10.6. The topological polar surface area (TPSA) is 74.0 Å². The molecule has 0 aliphatic carbocycles. The van der Waals surface area contributed by atoms with Gasteiger partial charge in [-0.05, 0) is 30.4 Å². The van der Waals surface area contributed by atoms with Crippen molar-refractivity contribution in [3.8, 4) is 0 Å². The highest BCUT2D eigenvalue weighted by Gasteiger charge is 2.48. The van der Waals surface area contributed by atoms with Crippen molar-refractivity contribution in [1.29, 1.82) is 0 Å². The molecule has 2 aliphatic heterocycles. The molecule has 6 nitrogen and oxygen atoms in total. The Morgan fingerprint density at radius 3 is 2.64 bits per heavy atom. The third-order valence-electron chi connectivity index (χ3n) is 5.26. The summed E-state index contributed by atoms with van der Waals surface area (Å²) in [6.07, 6.45) is 3.13. The van der Waals surface area contributed by atoms with E-state index in [1.807, 2.05) is 4.90 Å². The fourth-order valence-corrected chi connectivity index (χ4v) is 3.80. The maximum Gasteiger partial charge on any atom is 0.289 e. The highest BCUT2D eigenvalue weighted by molar-refractivity contribution is 5.91. The first kappa shape index (κ1) is 15.1. The normalized spacial score (nSPS) is 24.0. The number of hydrogen-bond donors (Lipinski definition) is 1. The standard InChI is InChI=1S/C16H22N2O4/c1-12(20)18-9-13(10-19)16(11-18)4-6-17(7-5-16)15(21)14-3-2-8-22-14/h2-3,8,13,19H,4-7,9-11H2,1H3. The lowest BCUT2D eigenvalue weighted by Crippen LogP contribution is -2.47. The minimum Gasteiger partial charge on any atom is -0.459 e. The van der Waals surface area contributed by atoms with Gasteiger partial charge >= 0.3 is 0 Å². The lowest BCUT2D eigenvalue weighted by molar-refractivity contribution is -0.128. The average molecular weight is 306 g/mol. The third kappa shape index (κ3) is 2.52. The van der Waals surface area contributed by atoms with E-state index in [1.54, 1.807) is 24.0 Å². The third-order valence-corrected chi connectivity index (χ3v) is 5.26. The molecule has 120 valence electrons. The summed E-state index contributed by atoms with van der Waals surface area (Å²) in [6, 6.07) is 3.39. The second-order valence-electron chi connectivity index (χ2n) is 6.41. The van der Waals surface area contributed by atoms with Crippen LogP contribution in [0.2, 0.25) is 0 Å². The quantitative estimate of drug-likeness (QED) is 0.883. The van der Waals surface area contributed by atoms with Gasteiger partial charge in [0.15, 0.2) is 5.76 Å². The van der Waals surface area contributed by atoms with Crippen LogP contribution in [0.1, 0.15) is 30.3 Å². The van der Waals surface area contributed by atoms with E-state index in [0.29, 0.717) is 31.9 Å². The summed E-state index contributed by atoms with van der Waals surface area (Å²) in [5.74, 6) is 0.454. The van der Waals surface area contributed by atoms with E-state index in [1.165, 1.54) is 6.26 Å². The molecule has 2 aliphatic rings. The molecular weight excluding hydrogens is 284 g/mol. The number of piperidine rings is 1. The highest BCUT2D eigenvalue weighted by atomic mass is 16.3. The number of carbonyl (C=O) groups excluding carboxylic acids is 2. The van der Waals surface area contributed by atoms with E-state index in [-0.39, 0.29) is 29.8 Å². The van der Waals surface area contributed by atoms with Gasteiger partial charge in [0, 0.05) is 45.6 Å². The van der Waals surface area contributed by atoms with Crippen LogP contribution in [0, 0.1) is 11.3 Å². The number of hydrogen-bond acceptors (Lipinski definition) is 4. The first-order valence-corrected chi connectivity index (χ1v) is 7.75. The van der Waals surface area contributed by atoms with Gasteiger partial charge in [-0.2, -0.15) is 0 Å². The molecule has 2 saturated heterocycles. The van der Waals surface area contributed by atoms with Crippen molar-refractivity contribution < 1.29 is 19.1 Å². The Morgan fingerprint density at radius 2 is 2.09 bits per heavy atom. The molecule has 1 aromatic heterocycles. The predicted molar refractivity (Wildman–Crippen MR) is 79.1 cm³/mol. The van der Waals surface area contributed by atoms with Gasteiger partial charge in [-0.3, -0.25) is 9.59 Å². The fraction of sp³-hybridized carbons (Fsp3) is 0.625. The zero-order valence-corrected chi connectivity index (χ0v) is 12.8. The molecule has 22 heavy (non-hydrogen) atoms. The number of likely N-dealkylation sites (tertiary alicyclic amines) is 2. The maximum atomic E-state index is 12.3. The van der Waals surface area contributed by atoms with Crippen LogP contribution in [0.15, 0.2) is 22.8 Å². The summed E-state index contributed by atoms with van der Waals surface area (Å²) in [5.41, 5.74) is -0.0552. The Bertz CT molecular complexity index is 547. The van der Waals surface area contributed by atoms with Gasteiger partial charge in [0.2, 0.25) is 5.91 Å². The van der Waals surface area contributed by atoms with E-state index in [9.17, 15) is 14.7 Å². The molecule has 1 spiro atoms. The summed E-state index contributed by atoms with van der Waals surface area (Å²) in [4.78, 5) is 27.6. The largest absolute Gasteiger partial charge is 0.459 e. The number of furan rings is 1. The van der Waals surface area contributed by atoms with Gasteiger partial charge in [-0.15, -0.1) is 0 Å². The van der Waals surface area contributed by atoms with Crippen LogP contribution in [0.3, 0.4) is 0 Å². The average Bonchev–Trinajstić information content (AvgIpc) is 3.15. The molecule has 1 unspecified atom stereocenters. The van der Waals surface area contributed by atoms with Crippen molar-refractivity contribution in [2.75, 3.05) is 32.8 Å². The van der Waals surface area contributed by atoms with E-state index < -0.39 is 0 Å². The molecule has 1 aromatic rings. The highest BCUT2D eigenvalue weighted by Crippen LogP contribution is 2.44. The fourth-order valence-electron chi connectivity index (χ4n) is 3.80. The smallest absolute Gasteiger partial charge is 0.289 e. The summed E-state index contributed by atoms with van der Waals surface area (Å²) < 4.78 is 5.17. The van der Waals surface area contributed by atoms with Crippen molar-refractivity contribution in [2.45, 2.75) is 19.8 Å². The number of nitrogens with zero attached hydrogens (tertiary/aromatic N) is 2. The van der Waals surface area contributed by atoms with Gasteiger partial charge in [-0.1, -0.05) is 0 Å². The van der Waals surface area contributed by atoms with Crippen LogP contribution in [0.4, 0.5) is 0 Å². The molecule has 6 heteroatoms. The molecule has 1 atom stereocenters. The summed E-state index contributed by atoms with van der Waals surface area (Å²) in [5, 5.41) is 9.67. The molecule has 0 aromatic carbocycles. The molecule has 2 amide bonds. The van der Waals surface area contributed by atoms with Crippen molar-refractivity contribution in [3.63, 3.8) is 0 Å². The van der Waals surface area contributed by atoms with Crippen molar-refractivity contribution in [2.24, 2.45) is 11.3 Å². The summed E-state index contributed by atoms with van der Waals surface area (Å²) >= 11 is 0. The number of aliphatic hydroxyl groups excluding tert-OH is 1. The monoisotopic (exact) mass is 306 g/mol. The number of carbonyl (C=O) groups is 2. The lowest BCUT2D eigenvalue weighted by Gasteiger charge is -2.41. The van der Waals surface area contributed by atoms with Crippen LogP contribution in [0.25, 0.3) is 0 Å². The minimum absolute atomic E-state index is 0.0552. The van der Waals surface area contributed by atoms with Crippen LogP contribution in [0.5, 0.6) is 0 Å². The lowest BCUT2D eigenvalue weighted by atomic mass is 9.71. The first-order valence-electron chi connectivity index (χ1n) is 7.75.